The zero-order valence-electron chi connectivity index (χ0n) is 9.79. The molecule has 0 aromatic heterocycles. The van der Waals surface area contributed by atoms with Crippen LogP contribution in [-0.2, 0) is 0 Å². The van der Waals surface area contributed by atoms with Crippen molar-refractivity contribution in [2.24, 2.45) is 5.73 Å². The fourth-order valence-electron chi connectivity index (χ4n) is 1.51. The van der Waals surface area contributed by atoms with Crippen molar-refractivity contribution in [1.82, 2.24) is 0 Å². The molecule has 0 saturated heterocycles. The molecule has 1 aromatic rings. The summed E-state index contributed by atoms with van der Waals surface area (Å²) in [5.41, 5.74) is 7.80. The number of ether oxygens (including phenoxy) is 1. The van der Waals surface area contributed by atoms with Crippen molar-refractivity contribution in [3.63, 3.8) is 0 Å². The van der Waals surface area contributed by atoms with E-state index in [1.165, 1.54) is 11.3 Å². The Morgan fingerprint density at radius 2 is 2.07 bits per heavy atom. The highest BCUT2D eigenvalue weighted by Gasteiger charge is 2.05. The van der Waals surface area contributed by atoms with E-state index in [1.54, 1.807) is 0 Å². The number of benzene rings is 1. The second kappa shape index (κ2) is 5.61. The zero-order valence-corrected chi connectivity index (χ0v) is 9.79. The molecule has 1 rings (SSSR count). The maximum absolute atomic E-state index is 5.66. The molecule has 0 aliphatic heterocycles. The van der Waals surface area contributed by atoms with Gasteiger partial charge in [0.1, 0.15) is 5.75 Å². The highest BCUT2D eigenvalue weighted by Crippen LogP contribution is 2.27. The molecule has 84 valence electrons. The van der Waals surface area contributed by atoms with Crippen LogP contribution in [-0.4, -0.2) is 27.2 Å². The molecule has 0 atom stereocenters. The Labute approximate surface area is 91.8 Å². The van der Waals surface area contributed by atoms with Gasteiger partial charge in [0.25, 0.3) is 0 Å². The molecule has 3 nitrogen and oxygen atoms in total. The minimum absolute atomic E-state index is 0.673. The number of nitrogens with two attached hydrogens (primary N) is 1. The van der Waals surface area contributed by atoms with Crippen molar-refractivity contribution in [1.29, 1.82) is 0 Å². The van der Waals surface area contributed by atoms with Crippen molar-refractivity contribution in [3.05, 3.63) is 23.8 Å². The lowest BCUT2D eigenvalue weighted by molar-refractivity contribution is 0.311. The zero-order chi connectivity index (χ0) is 11.3. The van der Waals surface area contributed by atoms with Gasteiger partial charge in [-0.15, -0.1) is 0 Å². The fraction of sp³-hybridized carbons (Fsp3) is 0.500. The van der Waals surface area contributed by atoms with Gasteiger partial charge in [0.2, 0.25) is 0 Å². The molecule has 2 N–H and O–H groups in total. The second-order valence-electron chi connectivity index (χ2n) is 3.79. The van der Waals surface area contributed by atoms with Gasteiger partial charge in [0.15, 0.2) is 0 Å². The van der Waals surface area contributed by atoms with E-state index in [0.717, 1.165) is 12.2 Å². The van der Waals surface area contributed by atoms with Crippen LogP contribution < -0.4 is 15.4 Å². The van der Waals surface area contributed by atoms with Crippen LogP contribution in [0.1, 0.15) is 12.0 Å². The number of nitrogens with zero attached hydrogens (tertiary/aromatic N) is 1. The van der Waals surface area contributed by atoms with Crippen molar-refractivity contribution < 1.29 is 4.74 Å². The molecule has 0 heterocycles. The molecule has 0 aliphatic carbocycles. The van der Waals surface area contributed by atoms with E-state index in [1.807, 2.05) is 26.2 Å². The third-order valence-electron chi connectivity index (χ3n) is 2.34. The molecule has 0 bridgehead atoms. The van der Waals surface area contributed by atoms with Crippen molar-refractivity contribution in [2.75, 3.05) is 32.1 Å². The summed E-state index contributed by atoms with van der Waals surface area (Å²) in [6.45, 7) is 3.44. The summed E-state index contributed by atoms with van der Waals surface area (Å²) >= 11 is 0. The molecule has 0 amide bonds. The molecule has 1 aromatic carbocycles. The maximum Gasteiger partial charge on any atom is 0.124 e. The van der Waals surface area contributed by atoms with Gasteiger partial charge in [0, 0.05) is 25.3 Å². The Morgan fingerprint density at radius 3 is 2.67 bits per heavy atom. The van der Waals surface area contributed by atoms with Crippen molar-refractivity contribution in [2.45, 2.75) is 13.3 Å². The van der Waals surface area contributed by atoms with E-state index in [0.29, 0.717) is 13.2 Å². The summed E-state index contributed by atoms with van der Waals surface area (Å²) in [6, 6.07) is 6.10. The van der Waals surface area contributed by atoms with Crippen LogP contribution in [0.25, 0.3) is 0 Å². The topological polar surface area (TPSA) is 38.5 Å². The lowest BCUT2D eigenvalue weighted by Gasteiger charge is -2.18. The SMILES string of the molecule is Cc1c(OCCCN)cccc1N(C)C. The lowest BCUT2D eigenvalue weighted by atomic mass is 10.1. The molecule has 0 unspecified atom stereocenters. The summed E-state index contributed by atoms with van der Waals surface area (Å²) in [4.78, 5) is 2.09. The Balaban J connectivity index is 2.75. The molecular weight excluding hydrogens is 188 g/mol. The van der Waals surface area contributed by atoms with E-state index in [2.05, 4.69) is 17.9 Å². The van der Waals surface area contributed by atoms with Gasteiger partial charge < -0.3 is 15.4 Å². The Bertz CT molecular complexity index is 310. The van der Waals surface area contributed by atoms with Gasteiger partial charge in [0.05, 0.1) is 6.61 Å². The third-order valence-corrected chi connectivity index (χ3v) is 2.34. The van der Waals surface area contributed by atoms with E-state index in [9.17, 15) is 0 Å². The van der Waals surface area contributed by atoms with Gasteiger partial charge in [-0.1, -0.05) is 6.07 Å². The standard InChI is InChI=1S/C12H20N2O/c1-10-11(14(2)3)6-4-7-12(10)15-9-5-8-13/h4,6-7H,5,8-9,13H2,1-3H3. The second-order valence-corrected chi connectivity index (χ2v) is 3.79. The van der Waals surface area contributed by atoms with E-state index in [-0.39, 0.29) is 0 Å². The first-order valence-corrected chi connectivity index (χ1v) is 5.26. The number of anilines is 1. The lowest BCUT2D eigenvalue weighted by Crippen LogP contribution is -2.11. The molecule has 3 heteroatoms. The Hall–Kier alpha value is -1.22. The maximum atomic E-state index is 5.66. The van der Waals surface area contributed by atoms with Crippen molar-refractivity contribution >= 4 is 5.69 Å². The molecule has 0 fully saturated rings. The summed E-state index contributed by atoms with van der Waals surface area (Å²) in [5, 5.41) is 0. The quantitative estimate of drug-likeness (QED) is 0.750. The summed E-state index contributed by atoms with van der Waals surface area (Å²) in [5.74, 6) is 0.953. The summed E-state index contributed by atoms with van der Waals surface area (Å²) in [6.07, 6.45) is 0.894. The number of hydrogen-bond donors (Lipinski definition) is 1. The first-order valence-electron chi connectivity index (χ1n) is 5.26. The van der Waals surface area contributed by atoms with Crippen LogP contribution in [0.5, 0.6) is 5.75 Å². The van der Waals surface area contributed by atoms with Gasteiger partial charge in [-0.2, -0.15) is 0 Å². The largest absolute Gasteiger partial charge is 0.493 e. The number of rotatable bonds is 5. The van der Waals surface area contributed by atoms with Gasteiger partial charge in [-0.3, -0.25) is 0 Å². The van der Waals surface area contributed by atoms with E-state index >= 15 is 0 Å². The van der Waals surface area contributed by atoms with Crippen LogP contribution >= 0.6 is 0 Å². The Kier molecular flexibility index (Phi) is 4.43. The molecule has 15 heavy (non-hydrogen) atoms. The predicted molar refractivity (Wildman–Crippen MR) is 64.7 cm³/mol. The number of hydrogen-bond acceptors (Lipinski definition) is 3. The molecule has 0 radical (unpaired) electrons. The van der Waals surface area contributed by atoms with Gasteiger partial charge >= 0.3 is 0 Å². The highest BCUT2D eigenvalue weighted by molar-refractivity contribution is 5.57. The monoisotopic (exact) mass is 208 g/mol. The van der Waals surface area contributed by atoms with E-state index < -0.39 is 0 Å². The van der Waals surface area contributed by atoms with Crippen LogP contribution in [0.2, 0.25) is 0 Å². The summed E-state index contributed by atoms with van der Waals surface area (Å²) in [7, 11) is 4.07. The minimum Gasteiger partial charge on any atom is -0.493 e. The average molecular weight is 208 g/mol. The summed E-state index contributed by atoms with van der Waals surface area (Å²) < 4.78 is 5.66. The minimum atomic E-state index is 0.673. The molecule has 0 saturated carbocycles. The first kappa shape index (κ1) is 11.9. The van der Waals surface area contributed by atoms with Crippen LogP contribution in [0, 0.1) is 6.92 Å². The first-order chi connectivity index (χ1) is 7.16. The average Bonchev–Trinajstić information content (AvgIpc) is 2.20. The predicted octanol–water partition coefficient (Wildman–Crippen LogP) is 1.79. The van der Waals surface area contributed by atoms with Crippen LogP contribution in [0.4, 0.5) is 5.69 Å². The molecular formula is C12H20N2O. The Morgan fingerprint density at radius 1 is 1.33 bits per heavy atom. The van der Waals surface area contributed by atoms with Crippen LogP contribution in [0.3, 0.4) is 0 Å². The van der Waals surface area contributed by atoms with Gasteiger partial charge in [-0.05, 0) is 32.0 Å². The normalized spacial score (nSPS) is 10.1. The van der Waals surface area contributed by atoms with Crippen molar-refractivity contribution in [3.8, 4) is 5.75 Å². The van der Waals surface area contributed by atoms with Gasteiger partial charge in [-0.25, -0.2) is 0 Å². The highest BCUT2D eigenvalue weighted by atomic mass is 16.5. The smallest absolute Gasteiger partial charge is 0.124 e. The third kappa shape index (κ3) is 3.13. The van der Waals surface area contributed by atoms with E-state index in [4.69, 9.17) is 10.5 Å². The fourth-order valence-corrected chi connectivity index (χ4v) is 1.51. The molecule has 0 aliphatic rings. The van der Waals surface area contributed by atoms with Crippen LogP contribution in [0.15, 0.2) is 18.2 Å². The molecule has 0 spiro atoms.